The second-order valence-corrected chi connectivity index (χ2v) is 9.53. The summed E-state index contributed by atoms with van der Waals surface area (Å²) in [7, 11) is -3.02. The number of sulfone groups is 1. The van der Waals surface area contributed by atoms with E-state index in [0.717, 1.165) is 24.5 Å². The molecular formula is C19H27N3O4S. The molecular weight excluding hydrogens is 366 g/mol. The molecule has 7 nitrogen and oxygen atoms in total. The van der Waals surface area contributed by atoms with Crippen LogP contribution in [0, 0.1) is 0 Å². The molecule has 1 unspecified atom stereocenters. The van der Waals surface area contributed by atoms with Crippen LogP contribution in [0.1, 0.15) is 32.6 Å². The second-order valence-electron chi connectivity index (χ2n) is 7.30. The largest absolute Gasteiger partial charge is 0.372 e. The number of carbonyl (C=O) groups is 2. The molecule has 2 aliphatic rings. The lowest BCUT2D eigenvalue weighted by Crippen LogP contribution is -2.38. The van der Waals surface area contributed by atoms with Gasteiger partial charge in [-0.05, 0) is 43.5 Å². The lowest BCUT2D eigenvalue weighted by Gasteiger charge is -2.23. The van der Waals surface area contributed by atoms with Crippen LogP contribution < -0.4 is 15.1 Å². The molecule has 2 heterocycles. The van der Waals surface area contributed by atoms with Crippen molar-refractivity contribution in [3.8, 4) is 0 Å². The van der Waals surface area contributed by atoms with E-state index in [-0.39, 0.29) is 42.3 Å². The summed E-state index contributed by atoms with van der Waals surface area (Å²) >= 11 is 0. The zero-order chi connectivity index (χ0) is 19.4. The van der Waals surface area contributed by atoms with E-state index < -0.39 is 9.84 Å². The highest BCUT2D eigenvalue weighted by Crippen LogP contribution is 2.24. The van der Waals surface area contributed by atoms with Gasteiger partial charge in [-0.25, -0.2) is 8.42 Å². The number of benzene rings is 1. The molecule has 2 amide bonds. The van der Waals surface area contributed by atoms with Crippen molar-refractivity contribution in [2.75, 3.05) is 40.9 Å². The van der Waals surface area contributed by atoms with Crippen molar-refractivity contribution in [2.24, 2.45) is 0 Å². The highest BCUT2D eigenvalue weighted by Gasteiger charge is 2.29. The molecule has 2 aliphatic heterocycles. The number of nitrogens with one attached hydrogen (secondary N) is 1. The standard InChI is InChI=1S/C19H27N3O4S/c1-15(23)22(12-8-19(24)20-16-9-13-27(25,26)14-16)18-6-4-17(5-7-18)21-10-2-3-11-21/h4-7,16H,2-3,8-14H2,1H3,(H,20,24). The van der Waals surface area contributed by atoms with Crippen LogP contribution in [0.5, 0.6) is 0 Å². The highest BCUT2D eigenvalue weighted by molar-refractivity contribution is 7.91. The van der Waals surface area contributed by atoms with E-state index in [9.17, 15) is 18.0 Å². The molecule has 1 aromatic carbocycles. The first kappa shape index (κ1) is 19.7. The van der Waals surface area contributed by atoms with Crippen molar-refractivity contribution in [1.82, 2.24) is 5.32 Å². The third kappa shape index (κ3) is 5.22. The molecule has 1 aromatic rings. The summed E-state index contributed by atoms with van der Waals surface area (Å²) in [6.07, 6.45) is 3.02. The molecule has 0 saturated carbocycles. The van der Waals surface area contributed by atoms with Crippen LogP contribution in [0.2, 0.25) is 0 Å². The van der Waals surface area contributed by atoms with Gasteiger partial charge in [0.25, 0.3) is 0 Å². The van der Waals surface area contributed by atoms with Crippen molar-refractivity contribution in [2.45, 2.75) is 38.6 Å². The Morgan fingerprint density at radius 3 is 2.41 bits per heavy atom. The maximum absolute atomic E-state index is 12.1. The van der Waals surface area contributed by atoms with E-state index >= 15 is 0 Å². The SMILES string of the molecule is CC(=O)N(CCC(=O)NC1CCS(=O)(=O)C1)c1ccc(N2CCCC2)cc1. The van der Waals surface area contributed by atoms with E-state index in [2.05, 4.69) is 10.2 Å². The van der Waals surface area contributed by atoms with E-state index in [4.69, 9.17) is 0 Å². The number of carbonyl (C=O) groups excluding carboxylic acids is 2. The lowest BCUT2D eigenvalue weighted by atomic mass is 10.2. The Morgan fingerprint density at radius 1 is 1.19 bits per heavy atom. The molecule has 0 bridgehead atoms. The summed E-state index contributed by atoms with van der Waals surface area (Å²) in [6, 6.07) is 7.54. The Morgan fingerprint density at radius 2 is 1.85 bits per heavy atom. The molecule has 2 fully saturated rings. The number of amides is 2. The predicted molar refractivity (Wildman–Crippen MR) is 106 cm³/mol. The topological polar surface area (TPSA) is 86.8 Å². The Kier molecular flexibility index (Phi) is 6.04. The summed E-state index contributed by atoms with van der Waals surface area (Å²) < 4.78 is 23.0. The van der Waals surface area contributed by atoms with Crippen LogP contribution in [0.3, 0.4) is 0 Å². The van der Waals surface area contributed by atoms with Crippen LogP contribution in [0.15, 0.2) is 24.3 Å². The second kappa shape index (κ2) is 8.29. The quantitative estimate of drug-likeness (QED) is 0.788. The van der Waals surface area contributed by atoms with Crippen LogP contribution in [-0.4, -0.2) is 57.4 Å². The Hall–Kier alpha value is -2.09. The van der Waals surface area contributed by atoms with Gasteiger partial charge in [0, 0.05) is 50.4 Å². The predicted octanol–water partition coefficient (Wildman–Crippen LogP) is 1.33. The van der Waals surface area contributed by atoms with Crippen LogP contribution in [-0.2, 0) is 19.4 Å². The van der Waals surface area contributed by atoms with Gasteiger partial charge in [0.2, 0.25) is 11.8 Å². The first-order chi connectivity index (χ1) is 12.8. The maximum Gasteiger partial charge on any atom is 0.223 e. The Bertz CT molecular complexity index is 786. The lowest BCUT2D eigenvalue weighted by molar-refractivity contribution is -0.121. The van der Waals surface area contributed by atoms with E-state index in [1.54, 1.807) is 4.90 Å². The molecule has 27 heavy (non-hydrogen) atoms. The molecule has 0 spiro atoms. The summed E-state index contributed by atoms with van der Waals surface area (Å²) in [6.45, 7) is 3.87. The van der Waals surface area contributed by atoms with Crippen LogP contribution in [0.25, 0.3) is 0 Å². The number of anilines is 2. The van der Waals surface area contributed by atoms with Gasteiger partial charge in [0.1, 0.15) is 0 Å². The maximum atomic E-state index is 12.1. The fraction of sp³-hybridized carbons (Fsp3) is 0.579. The van der Waals surface area contributed by atoms with Crippen molar-refractivity contribution < 1.29 is 18.0 Å². The smallest absolute Gasteiger partial charge is 0.223 e. The zero-order valence-electron chi connectivity index (χ0n) is 15.7. The third-order valence-electron chi connectivity index (χ3n) is 5.17. The van der Waals surface area contributed by atoms with Gasteiger partial charge < -0.3 is 15.1 Å². The monoisotopic (exact) mass is 393 g/mol. The average molecular weight is 394 g/mol. The first-order valence-corrected chi connectivity index (χ1v) is 11.3. The van der Waals surface area contributed by atoms with E-state index in [1.807, 2.05) is 24.3 Å². The molecule has 0 aromatic heterocycles. The molecule has 2 saturated heterocycles. The normalized spacial score (nSPS) is 21.2. The minimum absolute atomic E-state index is 0.00707. The minimum atomic E-state index is -3.02. The van der Waals surface area contributed by atoms with Gasteiger partial charge in [0.15, 0.2) is 9.84 Å². The molecule has 1 atom stereocenters. The van der Waals surface area contributed by atoms with Gasteiger partial charge >= 0.3 is 0 Å². The fourth-order valence-electron chi connectivity index (χ4n) is 3.71. The number of hydrogen-bond donors (Lipinski definition) is 1. The van der Waals surface area contributed by atoms with E-state index in [1.165, 1.54) is 19.8 Å². The Labute approximate surface area is 160 Å². The third-order valence-corrected chi connectivity index (χ3v) is 6.94. The van der Waals surface area contributed by atoms with E-state index in [0.29, 0.717) is 6.42 Å². The Balaban J connectivity index is 1.55. The number of hydrogen-bond acceptors (Lipinski definition) is 5. The highest BCUT2D eigenvalue weighted by atomic mass is 32.2. The zero-order valence-corrected chi connectivity index (χ0v) is 16.5. The van der Waals surface area contributed by atoms with Crippen molar-refractivity contribution in [3.63, 3.8) is 0 Å². The van der Waals surface area contributed by atoms with Crippen molar-refractivity contribution in [1.29, 1.82) is 0 Å². The molecule has 0 radical (unpaired) electrons. The minimum Gasteiger partial charge on any atom is -0.372 e. The molecule has 8 heteroatoms. The first-order valence-electron chi connectivity index (χ1n) is 9.47. The molecule has 3 rings (SSSR count). The van der Waals surface area contributed by atoms with Crippen molar-refractivity contribution in [3.05, 3.63) is 24.3 Å². The summed E-state index contributed by atoms with van der Waals surface area (Å²) in [5.74, 6) is -0.217. The van der Waals surface area contributed by atoms with Gasteiger partial charge in [-0.1, -0.05) is 0 Å². The van der Waals surface area contributed by atoms with Gasteiger partial charge in [-0.3, -0.25) is 9.59 Å². The number of nitrogens with zero attached hydrogens (tertiary/aromatic N) is 2. The van der Waals surface area contributed by atoms with Gasteiger partial charge in [0.05, 0.1) is 11.5 Å². The van der Waals surface area contributed by atoms with Crippen molar-refractivity contribution >= 4 is 33.0 Å². The number of rotatable bonds is 6. The average Bonchev–Trinajstić information content (AvgIpc) is 3.25. The van der Waals surface area contributed by atoms with Gasteiger partial charge in [-0.15, -0.1) is 0 Å². The fourth-order valence-corrected chi connectivity index (χ4v) is 5.38. The molecule has 148 valence electrons. The van der Waals surface area contributed by atoms with Crippen LogP contribution in [0.4, 0.5) is 11.4 Å². The van der Waals surface area contributed by atoms with Crippen LogP contribution >= 0.6 is 0 Å². The summed E-state index contributed by atoms with van der Waals surface area (Å²) in [4.78, 5) is 28.1. The molecule has 0 aliphatic carbocycles. The summed E-state index contributed by atoms with van der Waals surface area (Å²) in [5, 5.41) is 2.76. The molecule has 1 N–H and O–H groups in total. The van der Waals surface area contributed by atoms with Gasteiger partial charge in [-0.2, -0.15) is 0 Å². The summed E-state index contributed by atoms with van der Waals surface area (Å²) in [5.41, 5.74) is 1.92.